The number of ether oxygens (including phenoxy) is 1. The molecular weight excluding hydrogens is 290 g/mol. The second-order valence-electron chi connectivity index (χ2n) is 5.37. The fourth-order valence-electron chi connectivity index (χ4n) is 2.42. The van der Waals surface area contributed by atoms with Crippen molar-refractivity contribution >= 4 is 15.7 Å². The number of hydrogen-bond donors (Lipinski definition) is 0. The third-order valence-corrected chi connectivity index (χ3v) is 4.83. The van der Waals surface area contributed by atoms with Gasteiger partial charge in [0.1, 0.15) is 0 Å². The highest BCUT2D eigenvalue weighted by atomic mass is 32.2. The standard InChI is InChI=1S/C15H21NO4S/c1-3-16(10-12-8-9-20-11-12)15(17)13-4-6-14(7-5-13)21(2,18)19/h4-7,12H,3,8-11H2,1-2H3/t12-/m1/s1. The molecule has 1 aromatic carbocycles. The van der Waals surface area contributed by atoms with E-state index >= 15 is 0 Å². The van der Waals surface area contributed by atoms with E-state index in [1.54, 1.807) is 17.0 Å². The van der Waals surface area contributed by atoms with E-state index in [0.717, 1.165) is 19.3 Å². The maximum absolute atomic E-state index is 12.5. The summed E-state index contributed by atoms with van der Waals surface area (Å²) in [5, 5.41) is 0. The topological polar surface area (TPSA) is 63.7 Å². The fourth-order valence-corrected chi connectivity index (χ4v) is 3.05. The molecule has 1 atom stereocenters. The van der Waals surface area contributed by atoms with Crippen LogP contribution in [0.2, 0.25) is 0 Å². The van der Waals surface area contributed by atoms with Gasteiger partial charge in [0, 0.05) is 37.4 Å². The van der Waals surface area contributed by atoms with Crippen molar-refractivity contribution < 1.29 is 17.9 Å². The lowest BCUT2D eigenvalue weighted by atomic mass is 10.1. The highest BCUT2D eigenvalue weighted by Gasteiger charge is 2.22. The van der Waals surface area contributed by atoms with E-state index in [-0.39, 0.29) is 10.8 Å². The van der Waals surface area contributed by atoms with E-state index in [0.29, 0.717) is 31.2 Å². The molecule has 1 aliphatic rings. The molecule has 5 nitrogen and oxygen atoms in total. The van der Waals surface area contributed by atoms with Crippen molar-refractivity contribution in [2.24, 2.45) is 5.92 Å². The zero-order valence-electron chi connectivity index (χ0n) is 12.4. The number of hydrogen-bond acceptors (Lipinski definition) is 4. The summed E-state index contributed by atoms with van der Waals surface area (Å²) in [6.45, 7) is 4.72. The van der Waals surface area contributed by atoms with E-state index in [4.69, 9.17) is 4.74 Å². The molecule has 0 unspecified atom stereocenters. The van der Waals surface area contributed by atoms with Crippen molar-refractivity contribution in [2.45, 2.75) is 18.2 Å². The minimum Gasteiger partial charge on any atom is -0.381 e. The Morgan fingerprint density at radius 1 is 1.33 bits per heavy atom. The molecule has 0 saturated carbocycles. The summed E-state index contributed by atoms with van der Waals surface area (Å²) in [6.07, 6.45) is 2.14. The first kappa shape index (κ1) is 16.0. The lowest BCUT2D eigenvalue weighted by molar-refractivity contribution is 0.0730. The molecule has 1 amide bonds. The molecule has 0 aliphatic carbocycles. The highest BCUT2D eigenvalue weighted by Crippen LogP contribution is 2.17. The quantitative estimate of drug-likeness (QED) is 0.828. The van der Waals surface area contributed by atoms with Crippen LogP contribution in [0.4, 0.5) is 0 Å². The first-order valence-corrected chi connectivity index (χ1v) is 8.98. The Kier molecular flexibility index (Phi) is 5.00. The monoisotopic (exact) mass is 311 g/mol. The number of carbonyl (C=O) groups excluding carboxylic acids is 1. The van der Waals surface area contributed by atoms with Gasteiger partial charge in [0.2, 0.25) is 0 Å². The van der Waals surface area contributed by atoms with Crippen LogP contribution in [-0.4, -0.2) is 51.8 Å². The summed E-state index contributed by atoms with van der Waals surface area (Å²) in [4.78, 5) is 14.5. The van der Waals surface area contributed by atoms with E-state index in [2.05, 4.69) is 0 Å². The van der Waals surface area contributed by atoms with Crippen molar-refractivity contribution in [2.75, 3.05) is 32.6 Å². The molecule has 1 aromatic rings. The van der Waals surface area contributed by atoms with E-state index in [1.807, 2.05) is 6.92 Å². The minimum atomic E-state index is -3.23. The van der Waals surface area contributed by atoms with Gasteiger partial charge in [-0.2, -0.15) is 0 Å². The van der Waals surface area contributed by atoms with Crippen LogP contribution in [0.1, 0.15) is 23.7 Å². The maximum atomic E-state index is 12.5. The molecule has 1 aliphatic heterocycles. The third-order valence-electron chi connectivity index (χ3n) is 3.70. The molecule has 1 saturated heterocycles. The highest BCUT2D eigenvalue weighted by molar-refractivity contribution is 7.90. The van der Waals surface area contributed by atoms with Crippen LogP contribution in [0.3, 0.4) is 0 Å². The number of amides is 1. The Balaban J connectivity index is 2.09. The van der Waals surface area contributed by atoms with Gasteiger partial charge >= 0.3 is 0 Å². The van der Waals surface area contributed by atoms with Crippen LogP contribution < -0.4 is 0 Å². The first-order chi connectivity index (χ1) is 9.91. The summed E-state index contributed by atoms with van der Waals surface area (Å²) < 4.78 is 28.2. The van der Waals surface area contributed by atoms with Crippen molar-refractivity contribution in [3.8, 4) is 0 Å². The lowest BCUT2D eigenvalue weighted by Gasteiger charge is -2.23. The Morgan fingerprint density at radius 2 is 2.00 bits per heavy atom. The molecule has 0 aromatic heterocycles. The minimum absolute atomic E-state index is 0.0653. The molecule has 21 heavy (non-hydrogen) atoms. The number of benzene rings is 1. The molecule has 116 valence electrons. The van der Waals surface area contributed by atoms with E-state index in [9.17, 15) is 13.2 Å². The number of carbonyl (C=O) groups is 1. The summed E-state index contributed by atoms with van der Waals surface area (Å²) in [5.74, 6) is 0.327. The zero-order valence-corrected chi connectivity index (χ0v) is 13.2. The smallest absolute Gasteiger partial charge is 0.253 e. The normalized spacial score (nSPS) is 18.7. The van der Waals surface area contributed by atoms with Gasteiger partial charge in [-0.3, -0.25) is 4.79 Å². The molecule has 0 radical (unpaired) electrons. The second kappa shape index (κ2) is 6.58. The van der Waals surface area contributed by atoms with Gasteiger partial charge < -0.3 is 9.64 Å². The van der Waals surface area contributed by atoms with Crippen LogP contribution >= 0.6 is 0 Å². The largest absolute Gasteiger partial charge is 0.381 e. The average molecular weight is 311 g/mol. The van der Waals surface area contributed by atoms with Crippen molar-refractivity contribution in [3.63, 3.8) is 0 Å². The maximum Gasteiger partial charge on any atom is 0.253 e. The van der Waals surface area contributed by atoms with Crippen LogP contribution in [0.15, 0.2) is 29.2 Å². The molecule has 0 N–H and O–H groups in total. The van der Waals surface area contributed by atoms with Crippen molar-refractivity contribution in [3.05, 3.63) is 29.8 Å². The number of rotatable bonds is 5. The molecule has 0 bridgehead atoms. The lowest BCUT2D eigenvalue weighted by Crippen LogP contribution is -2.35. The summed E-state index contributed by atoms with van der Waals surface area (Å²) in [5.41, 5.74) is 0.517. The van der Waals surface area contributed by atoms with Gasteiger partial charge in [0.15, 0.2) is 9.84 Å². The Morgan fingerprint density at radius 3 is 2.48 bits per heavy atom. The summed E-state index contributed by atoms with van der Waals surface area (Å²) in [7, 11) is -3.23. The van der Waals surface area contributed by atoms with Gasteiger partial charge in [-0.1, -0.05) is 0 Å². The molecule has 1 heterocycles. The molecular formula is C15H21NO4S. The Hall–Kier alpha value is -1.40. The fraction of sp³-hybridized carbons (Fsp3) is 0.533. The van der Waals surface area contributed by atoms with Crippen LogP contribution in [0.5, 0.6) is 0 Å². The Bertz CT molecular complexity index is 589. The Labute approximate surface area is 125 Å². The van der Waals surface area contributed by atoms with Gasteiger partial charge in [-0.05, 0) is 37.6 Å². The second-order valence-corrected chi connectivity index (χ2v) is 7.39. The van der Waals surface area contributed by atoms with Gasteiger partial charge in [0.25, 0.3) is 5.91 Å². The molecule has 6 heteroatoms. The van der Waals surface area contributed by atoms with Crippen LogP contribution in [0.25, 0.3) is 0 Å². The van der Waals surface area contributed by atoms with Crippen molar-refractivity contribution in [1.82, 2.24) is 4.90 Å². The van der Waals surface area contributed by atoms with E-state index in [1.165, 1.54) is 12.1 Å². The van der Waals surface area contributed by atoms with Crippen molar-refractivity contribution in [1.29, 1.82) is 0 Å². The van der Waals surface area contributed by atoms with Crippen LogP contribution in [0, 0.1) is 5.92 Å². The predicted octanol–water partition coefficient (Wildman–Crippen LogP) is 1.59. The van der Waals surface area contributed by atoms with Crippen LogP contribution in [-0.2, 0) is 14.6 Å². The predicted molar refractivity (Wildman–Crippen MR) is 80.1 cm³/mol. The zero-order chi connectivity index (χ0) is 15.5. The third kappa shape index (κ3) is 4.04. The SMILES string of the molecule is CCN(C[C@H]1CCOC1)C(=O)c1ccc(S(C)(=O)=O)cc1. The molecule has 1 fully saturated rings. The average Bonchev–Trinajstić information content (AvgIpc) is 2.96. The summed E-state index contributed by atoms with van der Waals surface area (Å²) >= 11 is 0. The van der Waals surface area contributed by atoms with Gasteiger partial charge in [-0.25, -0.2) is 8.42 Å². The number of nitrogens with zero attached hydrogens (tertiary/aromatic N) is 1. The summed E-state index contributed by atoms with van der Waals surface area (Å²) in [6, 6.07) is 6.11. The van der Waals surface area contributed by atoms with E-state index < -0.39 is 9.84 Å². The van der Waals surface area contributed by atoms with Gasteiger partial charge in [-0.15, -0.1) is 0 Å². The van der Waals surface area contributed by atoms with Gasteiger partial charge in [0.05, 0.1) is 11.5 Å². The number of sulfone groups is 1. The molecule has 2 rings (SSSR count). The molecule has 0 spiro atoms. The first-order valence-electron chi connectivity index (χ1n) is 7.09.